The van der Waals surface area contributed by atoms with E-state index in [2.05, 4.69) is 9.71 Å². The second kappa shape index (κ2) is 9.89. The average molecular weight is 527 g/mol. The van der Waals surface area contributed by atoms with Gasteiger partial charge in [0.15, 0.2) is 11.5 Å². The molecule has 1 saturated carbocycles. The maximum absolute atomic E-state index is 13.4. The minimum absolute atomic E-state index is 0. The molecule has 1 fully saturated rings. The van der Waals surface area contributed by atoms with Crippen LogP contribution < -0.4 is 14.2 Å². The fourth-order valence-corrected chi connectivity index (χ4v) is 5.95. The average Bonchev–Trinajstić information content (AvgIpc) is 3.58. The van der Waals surface area contributed by atoms with Gasteiger partial charge in [0.25, 0.3) is 0 Å². The van der Waals surface area contributed by atoms with E-state index in [0.717, 1.165) is 24.0 Å². The molecular weight excluding hydrogens is 492 g/mol. The minimum Gasteiger partial charge on any atom is -0.454 e. The number of aliphatic hydroxyl groups is 1. The number of carbonyl (C=O) groups is 1. The fourth-order valence-electron chi connectivity index (χ4n) is 4.58. The summed E-state index contributed by atoms with van der Waals surface area (Å²) in [5, 5.41) is 9.47. The Balaban J connectivity index is 0.00000210. The van der Waals surface area contributed by atoms with Crippen molar-refractivity contribution in [1.29, 1.82) is 0 Å². The first-order valence-corrected chi connectivity index (χ1v) is 13.8. The molecule has 37 heavy (non-hydrogen) atoms. The van der Waals surface area contributed by atoms with Crippen LogP contribution in [-0.2, 0) is 26.7 Å². The number of nitrogens with one attached hydrogen (secondary N) is 1. The molecule has 0 bridgehead atoms. The summed E-state index contributed by atoms with van der Waals surface area (Å²) in [6.07, 6.45) is 1.79. The van der Waals surface area contributed by atoms with Gasteiger partial charge in [-0.1, -0.05) is 38.1 Å². The molecule has 0 radical (unpaired) electrons. The Bertz CT molecular complexity index is 1430. The van der Waals surface area contributed by atoms with Crippen molar-refractivity contribution in [3.05, 3.63) is 71.9 Å². The van der Waals surface area contributed by atoms with Crippen LogP contribution in [0.15, 0.2) is 65.6 Å². The molecule has 1 aliphatic heterocycles. The number of carbonyl (C=O) groups excluding carboxylic acids is 1. The zero-order chi connectivity index (χ0) is 26.2. The Morgan fingerprint density at radius 2 is 1.81 bits per heavy atom. The smallest absolute Gasteiger partial charge is 0.240 e. The lowest BCUT2D eigenvalue weighted by Crippen LogP contribution is -2.41. The SMILES string of the molecule is CC(C)[C@@H](CO)NS(=O)(=O)c1ccc(-c2cccc(CC(=O)C3(c4ccc5c(c4)OCO5)CC3)n2)cc1.[HH].[HH]. The van der Waals surface area contributed by atoms with Gasteiger partial charge in [-0.3, -0.25) is 9.78 Å². The Kier molecular flexibility index (Phi) is 6.78. The number of hydrogen-bond donors (Lipinski definition) is 2. The van der Waals surface area contributed by atoms with Crippen molar-refractivity contribution < 1.29 is 30.6 Å². The summed E-state index contributed by atoms with van der Waals surface area (Å²) in [5.74, 6) is 1.44. The van der Waals surface area contributed by atoms with Crippen LogP contribution in [0.2, 0.25) is 0 Å². The Labute approximate surface area is 219 Å². The first-order valence-electron chi connectivity index (χ1n) is 12.3. The van der Waals surface area contributed by atoms with E-state index in [1.165, 1.54) is 12.1 Å². The highest BCUT2D eigenvalue weighted by Gasteiger charge is 2.51. The predicted octanol–water partition coefficient (Wildman–Crippen LogP) is 4.11. The summed E-state index contributed by atoms with van der Waals surface area (Å²) in [7, 11) is -3.77. The maximum Gasteiger partial charge on any atom is 0.240 e. The van der Waals surface area contributed by atoms with Crippen LogP contribution in [0.25, 0.3) is 11.3 Å². The van der Waals surface area contributed by atoms with Gasteiger partial charge < -0.3 is 14.6 Å². The molecule has 0 amide bonds. The van der Waals surface area contributed by atoms with Crippen molar-refractivity contribution in [3.63, 3.8) is 0 Å². The maximum atomic E-state index is 13.4. The number of fused-ring (bicyclic) bond motifs is 1. The van der Waals surface area contributed by atoms with E-state index in [9.17, 15) is 18.3 Å². The molecule has 9 heteroatoms. The van der Waals surface area contributed by atoms with Crippen LogP contribution in [0.3, 0.4) is 0 Å². The highest BCUT2D eigenvalue weighted by atomic mass is 32.2. The molecule has 8 nitrogen and oxygen atoms in total. The number of Topliss-reactive ketones (excluding diaryl/α,β-unsaturated/α-hetero) is 1. The monoisotopic (exact) mass is 526 g/mol. The number of aromatic nitrogens is 1. The van der Waals surface area contributed by atoms with Crippen LogP contribution in [0.4, 0.5) is 0 Å². The number of ketones is 1. The lowest BCUT2D eigenvalue weighted by Gasteiger charge is -2.19. The molecule has 1 atom stereocenters. The van der Waals surface area contributed by atoms with E-state index < -0.39 is 21.5 Å². The highest BCUT2D eigenvalue weighted by Crippen LogP contribution is 2.51. The Morgan fingerprint density at radius 1 is 1.08 bits per heavy atom. The first kappa shape index (κ1) is 25.4. The third-order valence-corrected chi connectivity index (χ3v) is 8.63. The van der Waals surface area contributed by atoms with Gasteiger partial charge in [0.1, 0.15) is 5.78 Å². The summed E-state index contributed by atoms with van der Waals surface area (Å²) in [5.41, 5.74) is 2.50. The fraction of sp³-hybridized carbons (Fsp3) is 0.357. The Morgan fingerprint density at radius 3 is 2.49 bits per heavy atom. The molecule has 3 aromatic rings. The van der Waals surface area contributed by atoms with Crippen LogP contribution in [0.1, 0.15) is 40.8 Å². The molecule has 0 spiro atoms. The normalized spacial score (nSPS) is 16.5. The van der Waals surface area contributed by atoms with Gasteiger partial charge in [0.2, 0.25) is 16.8 Å². The molecule has 198 valence electrons. The van der Waals surface area contributed by atoms with E-state index in [1.54, 1.807) is 12.1 Å². The summed E-state index contributed by atoms with van der Waals surface area (Å²) >= 11 is 0. The van der Waals surface area contributed by atoms with E-state index in [-0.39, 0.29) is 39.3 Å². The zero-order valence-corrected chi connectivity index (χ0v) is 21.6. The molecule has 2 aliphatic rings. The highest BCUT2D eigenvalue weighted by molar-refractivity contribution is 7.89. The van der Waals surface area contributed by atoms with Gasteiger partial charge in [-0.05, 0) is 60.7 Å². The molecule has 1 aromatic heterocycles. The third kappa shape index (κ3) is 5.12. The summed E-state index contributed by atoms with van der Waals surface area (Å²) in [4.78, 5) is 18.2. The molecule has 2 heterocycles. The van der Waals surface area contributed by atoms with Crippen molar-refractivity contribution in [1.82, 2.24) is 9.71 Å². The summed E-state index contributed by atoms with van der Waals surface area (Å²) < 4.78 is 38.9. The number of pyridine rings is 1. The lowest BCUT2D eigenvalue weighted by atomic mass is 9.88. The van der Waals surface area contributed by atoms with E-state index in [0.29, 0.717) is 22.9 Å². The third-order valence-electron chi connectivity index (χ3n) is 7.13. The van der Waals surface area contributed by atoms with Crippen molar-refractivity contribution in [2.45, 2.75) is 49.5 Å². The molecule has 0 unspecified atom stereocenters. The predicted molar refractivity (Wildman–Crippen MR) is 142 cm³/mol. The minimum atomic E-state index is -3.77. The van der Waals surface area contributed by atoms with E-state index >= 15 is 0 Å². The van der Waals surface area contributed by atoms with E-state index in [4.69, 9.17) is 9.47 Å². The lowest BCUT2D eigenvalue weighted by molar-refractivity contribution is -0.120. The van der Waals surface area contributed by atoms with E-state index in [1.807, 2.05) is 50.2 Å². The number of sulfonamides is 1. The molecular formula is C28H34N2O6S. The van der Waals surface area contributed by atoms with Crippen molar-refractivity contribution in [2.24, 2.45) is 5.92 Å². The van der Waals surface area contributed by atoms with Gasteiger partial charge in [0, 0.05) is 26.6 Å². The van der Waals surface area contributed by atoms with Crippen molar-refractivity contribution >= 4 is 15.8 Å². The van der Waals surface area contributed by atoms with Crippen molar-refractivity contribution in [3.8, 4) is 22.8 Å². The number of benzene rings is 2. The van der Waals surface area contributed by atoms with Gasteiger partial charge in [-0.2, -0.15) is 0 Å². The van der Waals surface area contributed by atoms with Crippen LogP contribution >= 0.6 is 0 Å². The van der Waals surface area contributed by atoms with Crippen molar-refractivity contribution in [2.75, 3.05) is 13.4 Å². The summed E-state index contributed by atoms with van der Waals surface area (Å²) in [6.45, 7) is 3.60. The molecule has 1 aliphatic carbocycles. The van der Waals surface area contributed by atoms with Gasteiger partial charge in [-0.25, -0.2) is 13.1 Å². The zero-order valence-electron chi connectivity index (χ0n) is 20.8. The molecule has 2 aromatic carbocycles. The number of ether oxygens (including phenoxy) is 2. The van der Waals surface area contributed by atoms with Gasteiger partial charge in [-0.15, -0.1) is 0 Å². The number of aliphatic hydroxyl groups excluding tert-OH is 1. The molecule has 0 saturated heterocycles. The standard InChI is InChI=1S/C28H30N2O6S.2H2/c1-18(2)24(16-31)30-37(33,34)22-9-6-19(7-10-22)23-5-3-4-21(29-23)15-27(32)28(12-13-28)20-8-11-25-26(14-20)36-17-35-25;;/h3-11,14,18,24,30-31H,12-13,15-17H2,1-2H3;2*1H/t24-;;/m1../s1. The van der Waals surface area contributed by atoms with Crippen LogP contribution in [0.5, 0.6) is 11.5 Å². The topological polar surface area (TPSA) is 115 Å². The Hall–Kier alpha value is -3.27. The van der Waals surface area contributed by atoms with Gasteiger partial charge in [0.05, 0.1) is 22.6 Å². The number of rotatable bonds is 10. The quantitative estimate of drug-likeness (QED) is 0.409. The largest absolute Gasteiger partial charge is 0.454 e. The number of hydrogen-bond acceptors (Lipinski definition) is 7. The summed E-state index contributed by atoms with van der Waals surface area (Å²) in [6, 6.07) is 17.1. The molecule has 2 N–H and O–H groups in total. The van der Waals surface area contributed by atoms with Crippen LogP contribution in [-0.4, -0.2) is 43.7 Å². The molecule has 5 rings (SSSR count). The van der Waals surface area contributed by atoms with Gasteiger partial charge >= 0.3 is 0 Å². The number of nitrogens with zero attached hydrogens (tertiary/aromatic N) is 1. The first-order chi connectivity index (χ1) is 17.7. The second-order valence-electron chi connectivity index (χ2n) is 9.94. The van der Waals surface area contributed by atoms with Crippen LogP contribution in [0, 0.1) is 5.92 Å². The second-order valence-corrected chi connectivity index (χ2v) is 11.7.